The first-order chi connectivity index (χ1) is 18.8. The summed E-state index contributed by atoms with van der Waals surface area (Å²) in [5, 5.41) is 11.4. The van der Waals surface area contributed by atoms with Gasteiger partial charge in [0.15, 0.2) is 0 Å². The molecular weight excluding hydrogens is 533 g/mol. The van der Waals surface area contributed by atoms with Crippen LogP contribution in [0.15, 0.2) is 48.5 Å². The second kappa shape index (κ2) is 17.4. The predicted octanol–water partition coefficient (Wildman–Crippen LogP) is 0.705. The van der Waals surface area contributed by atoms with Crippen LogP contribution >= 0.6 is 0 Å². The molecule has 1 unspecified atom stereocenters. The fraction of sp³-hybridized carbons (Fsp3) is 0.323. The normalized spacial score (nSPS) is 14.5. The van der Waals surface area contributed by atoms with Crippen LogP contribution in [0.25, 0.3) is 11.6 Å². The Morgan fingerprint density at radius 3 is 2.62 bits per heavy atom. The molecular formula is C31H35KN3O5-. The molecule has 2 heterocycles. The average Bonchev–Trinajstić information content (AvgIpc) is 3.57. The van der Waals surface area contributed by atoms with Crippen molar-refractivity contribution < 1.29 is 75.6 Å². The molecule has 0 bridgehead atoms. The van der Waals surface area contributed by atoms with Gasteiger partial charge in [-0.2, -0.15) is 18.2 Å². The third-order valence-electron chi connectivity index (χ3n) is 6.46. The molecule has 40 heavy (non-hydrogen) atoms. The number of aromatic nitrogens is 1. The Labute approximate surface area is 278 Å². The van der Waals surface area contributed by atoms with Crippen LogP contribution in [0.2, 0.25) is 0 Å². The van der Waals surface area contributed by atoms with E-state index in [-0.39, 0.29) is 81.1 Å². The van der Waals surface area contributed by atoms with E-state index in [0.717, 1.165) is 32.3 Å². The Morgan fingerprint density at radius 1 is 1.25 bits per heavy atom. The van der Waals surface area contributed by atoms with E-state index < -0.39 is 5.91 Å². The molecule has 1 aliphatic rings. The van der Waals surface area contributed by atoms with Crippen molar-refractivity contribution in [3.05, 3.63) is 93.8 Å². The van der Waals surface area contributed by atoms with Crippen LogP contribution in [0.4, 0.5) is 0 Å². The molecule has 3 aromatic rings. The Kier molecular flexibility index (Phi) is 14.8. The number of nitrogens with two attached hydrogens (primary N) is 1. The second-order valence-electron chi connectivity index (χ2n) is 9.34. The van der Waals surface area contributed by atoms with E-state index in [1.807, 2.05) is 31.4 Å². The number of allylic oxidation sites excluding steroid dienone is 1. The summed E-state index contributed by atoms with van der Waals surface area (Å²) >= 11 is 0. The van der Waals surface area contributed by atoms with Gasteiger partial charge in [0.2, 0.25) is 5.91 Å². The molecule has 4 rings (SSSR count). The maximum Gasteiger partial charge on any atom is 1.00 e. The number of H-pyrrole nitrogens is 1. The van der Waals surface area contributed by atoms with Crippen molar-refractivity contribution in [2.45, 2.75) is 45.6 Å². The molecule has 1 fully saturated rings. The third kappa shape index (κ3) is 9.92. The summed E-state index contributed by atoms with van der Waals surface area (Å²) in [6.07, 6.45) is 7.32. The maximum atomic E-state index is 12.7. The molecule has 2 aromatic carbocycles. The Bertz CT molecular complexity index is 1300. The van der Waals surface area contributed by atoms with Crippen LogP contribution in [0.5, 0.6) is 0 Å². The largest absolute Gasteiger partial charge is 1.00 e. The van der Waals surface area contributed by atoms with Gasteiger partial charge in [0, 0.05) is 31.7 Å². The Hall–Kier alpha value is -2.37. The van der Waals surface area contributed by atoms with Crippen LogP contribution in [-0.2, 0) is 16.0 Å². The minimum absolute atomic E-state index is 0. The van der Waals surface area contributed by atoms with Crippen molar-refractivity contribution in [2.75, 3.05) is 19.8 Å². The number of carbonyl (C=O) groups excluding carboxylic acids is 3. The van der Waals surface area contributed by atoms with E-state index in [9.17, 15) is 14.4 Å². The summed E-state index contributed by atoms with van der Waals surface area (Å²) in [7, 11) is 0. The van der Waals surface area contributed by atoms with Gasteiger partial charge in [0.1, 0.15) is 0 Å². The number of hydrogen-bond acceptors (Lipinski definition) is 5. The van der Waals surface area contributed by atoms with Gasteiger partial charge in [0.25, 0.3) is 5.91 Å². The first-order valence-electron chi connectivity index (χ1n) is 13.0. The molecule has 1 aliphatic heterocycles. The zero-order valence-electron chi connectivity index (χ0n) is 23.4. The summed E-state index contributed by atoms with van der Waals surface area (Å²) in [5.41, 5.74) is 10.0. The van der Waals surface area contributed by atoms with E-state index in [2.05, 4.69) is 28.5 Å². The maximum absolute atomic E-state index is 12.7. The summed E-state index contributed by atoms with van der Waals surface area (Å²) in [6, 6.07) is 17.6. The molecule has 1 atom stereocenters. The van der Waals surface area contributed by atoms with Crippen molar-refractivity contribution in [1.29, 1.82) is 0 Å². The number of aliphatic hydroxyl groups excluding tert-OH is 1. The molecule has 9 heteroatoms. The number of nitrogens with one attached hydrogen (secondary N) is 2. The second-order valence-corrected chi connectivity index (χ2v) is 9.34. The molecule has 0 spiro atoms. The number of rotatable bonds is 10. The number of ether oxygens (including phenoxy) is 1. The minimum Gasteiger partial charge on any atom is -0.396 e. The van der Waals surface area contributed by atoms with Gasteiger partial charge in [0.05, 0.1) is 11.7 Å². The Balaban J connectivity index is 0.000000431. The molecule has 0 saturated carbocycles. The number of primary amides is 1. The predicted molar refractivity (Wildman–Crippen MR) is 151 cm³/mol. The van der Waals surface area contributed by atoms with E-state index in [0.29, 0.717) is 34.6 Å². The van der Waals surface area contributed by atoms with Crippen LogP contribution in [-0.4, -0.2) is 54.1 Å². The average molecular weight is 569 g/mol. The smallest absolute Gasteiger partial charge is 0.396 e. The van der Waals surface area contributed by atoms with Crippen LogP contribution in [0, 0.1) is 19.9 Å². The first-order valence-corrected chi connectivity index (χ1v) is 13.0. The molecule has 8 nitrogen and oxygen atoms in total. The topological polar surface area (TPSA) is 135 Å². The van der Waals surface area contributed by atoms with Gasteiger partial charge < -0.3 is 30.7 Å². The van der Waals surface area contributed by atoms with Crippen LogP contribution in [0.1, 0.15) is 68.1 Å². The van der Waals surface area contributed by atoms with Crippen LogP contribution < -0.4 is 62.4 Å². The fourth-order valence-electron chi connectivity index (χ4n) is 4.37. The molecule has 1 saturated heterocycles. The summed E-state index contributed by atoms with van der Waals surface area (Å²) in [4.78, 5) is 38.7. The van der Waals surface area contributed by atoms with Gasteiger partial charge in [-0.1, -0.05) is 35.9 Å². The quantitative estimate of drug-likeness (QED) is 0.162. The molecule has 206 valence electrons. The molecule has 0 aliphatic carbocycles. The van der Waals surface area contributed by atoms with E-state index >= 15 is 0 Å². The fourth-order valence-corrected chi connectivity index (χ4v) is 4.37. The zero-order valence-corrected chi connectivity index (χ0v) is 26.5. The van der Waals surface area contributed by atoms with Crippen molar-refractivity contribution in [3.63, 3.8) is 0 Å². The number of hydrogen-bond donors (Lipinski definition) is 4. The number of aromatic amines is 1. The van der Waals surface area contributed by atoms with Gasteiger partial charge in [-0.3, -0.25) is 15.2 Å². The van der Waals surface area contributed by atoms with Crippen molar-refractivity contribution in [1.82, 2.24) is 10.3 Å². The summed E-state index contributed by atoms with van der Waals surface area (Å²) < 4.78 is 5.54. The van der Waals surface area contributed by atoms with Gasteiger partial charge >= 0.3 is 51.4 Å². The van der Waals surface area contributed by atoms with Crippen molar-refractivity contribution in [2.24, 2.45) is 5.73 Å². The number of amides is 2. The number of benzene rings is 2. The van der Waals surface area contributed by atoms with Crippen LogP contribution in [0.3, 0.4) is 0 Å². The standard InChI is InChI=1S/C22H23N3O4.C9H12O.K/c1-13-19(10-17(12-26)15-5-3-6-16(9-15)21(23)27)25-14(2)20(13)22(28)24-11-18-7-4-8-29-18;10-8-4-7-9-5-2-1-3-6-9;/h3,6,9-10,18,25H,4,7-8,11H2,1-2H3,(H2,23,27)(H,24,28);1-3,5-6,10H,4,7-8H2;/q-2;;+1/b17-10+;;. The number of carbonyl (C=O) groups is 2. The van der Waals surface area contributed by atoms with Gasteiger partial charge in [-0.05, 0) is 56.4 Å². The van der Waals surface area contributed by atoms with Crippen molar-refractivity contribution >= 4 is 29.7 Å². The molecule has 1 aromatic heterocycles. The van der Waals surface area contributed by atoms with Gasteiger partial charge in [-0.25, -0.2) is 11.6 Å². The Morgan fingerprint density at radius 2 is 2.00 bits per heavy atom. The third-order valence-corrected chi connectivity index (χ3v) is 6.46. The monoisotopic (exact) mass is 568 g/mol. The molecule has 5 N–H and O–H groups in total. The molecule has 0 radical (unpaired) electrons. The molecule has 2 amide bonds. The summed E-state index contributed by atoms with van der Waals surface area (Å²) in [5.74, 6) is -0.784. The van der Waals surface area contributed by atoms with Gasteiger partial charge in [-0.15, -0.1) is 6.07 Å². The first kappa shape index (κ1) is 33.8. The zero-order chi connectivity index (χ0) is 28.2. The SMILES string of the molecule is Cc1[nH]c(/C=C(\[C-]=O)c2[c-]ccc(C(N)=O)c2)c(C)c1C(=O)NCC1CCCO1.OCCCc1ccccc1.[K+]. The number of aryl methyl sites for hydroxylation is 2. The number of aliphatic hydroxyl groups is 1. The van der Waals surface area contributed by atoms with E-state index in [1.165, 1.54) is 23.8 Å². The van der Waals surface area contributed by atoms with E-state index in [1.54, 1.807) is 13.0 Å². The summed E-state index contributed by atoms with van der Waals surface area (Å²) in [6.45, 7) is 5.10. The minimum atomic E-state index is -0.595. The van der Waals surface area contributed by atoms with E-state index in [4.69, 9.17) is 15.6 Å². The van der Waals surface area contributed by atoms with Crippen molar-refractivity contribution in [3.8, 4) is 0 Å².